The van der Waals surface area contributed by atoms with Gasteiger partial charge in [0.2, 0.25) is 11.8 Å². The van der Waals surface area contributed by atoms with Crippen molar-refractivity contribution in [2.75, 3.05) is 18.0 Å². The maximum Gasteiger partial charge on any atom is 0.260 e. The average Bonchev–Trinajstić information content (AvgIpc) is 3.06. The first-order valence-electron chi connectivity index (χ1n) is 6.27. The number of thioether (sulfide) groups is 1. The number of nitrogens with zero attached hydrogens (tertiary/aromatic N) is 2. The highest BCUT2D eigenvalue weighted by atomic mass is 32.2. The van der Waals surface area contributed by atoms with Gasteiger partial charge in [-0.2, -0.15) is 4.98 Å². The Kier molecular flexibility index (Phi) is 3.93. The molecule has 1 aliphatic heterocycles. The van der Waals surface area contributed by atoms with Crippen LogP contribution >= 0.6 is 23.1 Å². The van der Waals surface area contributed by atoms with Crippen molar-refractivity contribution in [1.82, 2.24) is 15.5 Å². The van der Waals surface area contributed by atoms with Crippen molar-refractivity contribution in [2.24, 2.45) is 0 Å². The summed E-state index contributed by atoms with van der Waals surface area (Å²) in [5.74, 6) is 1.60. The van der Waals surface area contributed by atoms with Crippen LogP contribution in [-0.4, -0.2) is 28.3 Å². The number of rotatable bonds is 4. The van der Waals surface area contributed by atoms with Gasteiger partial charge in [-0.1, -0.05) is 0 Å². The first kappa shape index (κ1) is 13.4. The van der Waals surface area contributed by atoms with E-state index in [1.54, 1.807) is 23.1 Å². The lowest BCUT2D eigenvalue weighted by atomic mass is 10.1. The van der Waals surface area contributed by atoms with Gasteiger partial charge in [0.1, 0.15) is 5.25 Å². The van der Waals surface area contributed by atoms with Gasteiger partial charge >= 0.3 is 0 Å². The van der Waals surface area contributed by atoms with Crippen molar-refractivity contribution in [2.45, 2.75) is 18.1 Å². The van der Waals surface area contributed by atoms with E-state index in [0.717, 1.165) is 17.7 Å². The average molecular weight is 310 g/mol. The third kappa shape index (κ3) is 2.80. The lowest BCUT2D eigenvalue weighted by Gasteiger charge is -2.21. The van der Waals surface area contributed by atoms with Crippen LogP contribution in [-0.2, 0) is 17.6 Å². The van der Waals surface area contributed by atoms with E-state index in [1.807, 2.05) is 0 Å². The molecule has 0 radical (unpaired) electrons. The van der Waals surface area contributed by atoms with Crippen LogP contribution in [0, 0.1) is 0 Å². The third-order valence-corrected chi connectivity index (χ3v) is 5.27. The van der Waals surface area contributed by atoms with Crippen LogP contribution in [0.3, 0.4) is 0 Å². The lowest BCUT2D eigenvalue weighted by Crippen LogP contribution is -2.31. The number of aryl methyl sites for hydroxylation is 1. The highest BCUT2D eigenvalue weighted by Gasteiger charge is 2.27. The van der Waals surface area contributed by atoms with Gasteiger partial charge in [-0.25, -0.2) is 0 Å². The fraction of sp³-hybridized carbons (Fsp3) is 0.417. The highest BCUT2D eigenvalue weighted by molar-refractivity contribution is 8.00. The molecule has 3 N–H and O–H groups in total. The molecule has 6 nitrogen and oxygen atoms in total. The molecule has 1 aliphatic rings. The molecule has 0 fully saturated rings. The van der Waals surface area contributed by atoms with E-state index in [2.05, 4.69) is 26.9 Å². The number of hydrogen-bond donors (Lipinski definition) is 2. The zero-order valence-corrected chi connectivity index (χ0v) is 12.3. The number of fused-ring (bicyclic) bond motifs is 1. The van der Waals surface area contributed by atoms with E-state index >= 15 is 0 Å². The Morgan fingerprint density at radius 3 is 3.30 bits per heavy atom. The zero-order valence-electron chi connectivity index (χ0n) is 10.7. The summed E-state index contributed by atoms with van der Waals surface area (Å²) < 4.78 is 4.89. The van der Waals surface area contributed by atoms with Gasteiger partial charge in [0, 0.05) is 17.8 Å². The maximum atomic E-state index is 12.2. The fourth-order valence-corrected chi connectivity index (χ4v) is 4.44. The standard InChI is InChI=1S/C12H14N4O2S2/c13-12-15-9(18-16-12)1-4-14-11(17)10-7-2-5-19-8(7)3-6-20-10/h2,5,10H,1,3-4,6H2,(H2,13,16)(H,14,17)/t10-/m0/s1. The molecule has 3 heterocycles. The molecule has 8 heteroatoms. The fourth-order valence-electron chi connectivity index (χ4n) is 2.12. The topological polar surface area (TPSA) is 94.0 Å². The number of thiophene rings is 1. The summed E-state index contributed by atoms with van der Waals surface area (Å²) in [5, 5.41) is 8.37. The molecular weight excluding hydrogens is 296 g/mol. The van der Waals surface area contributed by atoms with Gasteiger partial charge in [0.25, 0.3) is 5.95 Å². The Bertz CT molecular complexity index is 610. The lowest BCUT2D eigenvalue weighted by molar-refractivity contribution is -0.120. The predicted molar refractivity (Wildman–Crippen MR) is 78.6 cm³/mol. The molecule has 2 aromatic rings. The van der Waals surface area contributed by atoms with E-state index in [1.165, 1.54) is 4.88 Å². The molecule has 2 aromatic heterocycles. The number of hydrogen-bond acceptors (Lipinski definition) is 7. The molecule has 3 rings (SSSR count). The Labute approximate surface area is 124 Å². The van der Waals surface area contributed by atoms with Crippen LogP contribution in [0.1, 0.15) is 21.6 Å². The van der Waals surface area contributed by atoms with Crippen molar-refractivity contribution in [3.63, 3.8) is 0 Å². The number of carbonyl (C=O) groups excluding carboxylic acids is 1. The number of amides is 1. The van der Waals surface area contributed by atoms with E-state index < -0.39 is 0 Å². The first-order valence-corrected chi connectivity index (χ1v) is 8.20. The summed E-state index contributed by atoms with van der Waals surface area (Å²) in [5.41, 5.74) is 6.52. The van der Waals surface area contributed by atoms with E-state index in [0.29, 0.717) is 18.9 Å². The summed E-state index contributed by atoms with van der Waals surface area (Å²) in [4.78, 5) is 17.5. The minimum absolute atomic E-state index is 0.0434. The molecule has 20 heavy (non-hydrogen) atoms. The Morgan fingerprint density at radius 2 is 2.50 bits per heavy atom. The molecule has 0 aliphatic carbocycles. The summed E-state index contributed by atoms with van der Waals surface area (Å²) in [7, 11) is 0. The quantitative estimate of drug-likeness (QED) is 0.886. The van der Waals surface area contributed by atoms with Crippen LogP contribution in [0.5, 0.6) is 0 Å². The molecule has 0 saturated heterocycles. The molecule has 0 bridgehead atoms. The van der Waals surface area contributed by atoms with Gasteiger partial charge < -0.3 is 15.6 Å². The molecule has 1 atom stereocenters. The highest BCUT2D eigenvalue weighted by Crippen LogP contribution is 2.39. The second kappa shape index (κ2) is 5.84. The van der Waals surface area contributed by atoms with Crippen LogP contribution < -0.4 is 11.1 Å². The van der Waals surface area contributed by atoms with E-state index in [9.17, 15) is 4.79 Å². The van der Waals surface area contributed by atoms with Crippen molar-refractivity contribution in [3.8, 4) is 0 Å². The number of nitrogen functional groups attached to an aromatic ring is 1. The van der Waals surface area contributed by atoms with Crippen molar-refractivity contribution in [1.29, 1.82) is 0 Å². The monoisotopic (exact) mass is 310 g/mol. The third-order valence-electron chi connectivity index (χ3n) is 3.04. The largest absolute Gasteiger partial charge is 0.365 e. The smallest absolute Gasteiger partial charge is 0.260 e. The Morgan fingerprint density at radius 1 is 1.60 bits per heavy atom. The maximum absolute atomic E-state index is 12.2. The van der Waals surface area contributed by atoms with Gasteiger partial charge in [0.15, 0.2) is 0 Å². The van der Waals surface area contributed by atoms with Gasteiger partial charge in [-0.3, -0.25) is 4.79 Å². The van der Waals surface area contributed by atoms with E-state index in [4.69, 9.17) is 10.3 Å². The SMILES string of the molecule is Nc1noc(CCNC(=O)[C@H]2SCCc3sccc32)n1. The van der Waals surface area contributed by atoms with Crippen LogP contribution in [0.4, 0.5) is 5.95 Å². The van der Waals surface area contributed by atoms with Gasteiger partial charge in [-0.05, 0) is 34.3 Å². The molecular formula is C12H14N4O2S2. The van der Waals surface area contributed by atoms with E-state index in [-0.39, 0.29) is 17.1 Å². The van der Waals surface area contributed by atoms with Gasteiger partial charge in [-0.15, -0.1) is 23.1 Å². The van der Waals surface area contributed by atoms with Gasteiger partial charge in [0.05, 0.1) is 0 Å². The minimum atomic E-state index is -0.0993. The molecule has 0 aromatic carbocycles. The number of nitrogens with one attached hydrogen (secondary N) is 1. The Hall–Kier alpha value is -1.54. The normalized spacial score (nSPS) is 17.7. The number of carbonyl (C=O) groups is 1. The molecule has 106 valence electrons. The van der Waals surface area contributed by atoms with Crippen molar-refractivity contribution < 1.29 is 9.32 Å². The van der Waals surface area contributed by atoms with Crippen molar-refractivity contribution in [3.05, 3.63) is 27.8 Å². The van der Waals surface area contributed by atoms with Crippen LogP contribution in [0.2, 0.25) is 0 Å². The summed E-state index contributed by atoms with van der Waals surface area (Å²) in [6.07, 6.45) is 1.55. The van der Waals surface area contributed by atoms with Crippen LogP contribution in [0.25, 0.3) is 0 Å². The second-order valence-electron chi connectivity index (χ2n) is 4.39. The molecule has 0 spiro atoms. The zero-order chi connectivity index (χ0) is 13.9. The molecule has 0 unspecified atom stereocenters. The molecule has 1 amide bonds. The molecule has 0 saturated carbocycles. The summed E-state index contributed by atoms with van der Waals surface area (Å²) >= 11 is 3.42. The summed E-state index contributed by atoms with van der Waals surface area (Å²) in [6, 6.07) is 2.05. The first-order chi connectivity index (χ1) is 9.74. The second-order valence-corrected chi connectivity index (χ2v) is 6.60. The Balaban J connectivity index is 1.55. The number of anilines is 1. The predicted octanol–water partition coefficient (Wildman–Crippen LogP) is 1.40. The minimum Gasteiger partial charge on any atom is -0.365 e. The van der Waals surface area contributed by atoms with Crippen LogP contribution in [0.15, 0.2) is 16.0 Å². The number of nitrogens with two attached hydrogens (primary N) is 1. The summed E-state index contributed by atoms with van der Waals surface area (Å²) in [6.45, 7) is 0.469. The number of aromatic nitrogens is 2. The van der Waals surface area contributed by atoms with Crippen molar-refractivity contribution >= 4 is 35.0 Å².